The van der Waals surface area contributed by atoms with Gasteiger partial charge in [-0.3, -0.25) is 4.90 Å². The third kappa shape index (κ3) is 3.71. The first-order valence-corrected chi connectivity index (χ1v) is 7.21. The zero-order valence-corrected chi connectivity index (χ0v) is 12.1. The van der Waals surface area contributed by atoms with E-state index in [9.17, 15) is 0 Å². The van der Waals surface area contributed by atoms with Crippen LogP contribution in [0, 0.1) is 0 Å². The molecule has 1 aromatic rings. The van der Waals surface area contributed by atoms with Gasteiger partial charge in [-0.05, 0) is 12.1 Å². The van der Waals surface area contributed by atoms with Crippen molar-refractivity contribution in [1.29, 1.82) is 0 Å². The average Bonchev–Trinajstić information content (AvgIpc) is 2.53. The second-order valence-corrected chi connectivity index (χ2v) is 5.22. The summed E-state index contributed by atoms with van der Waals surface area (Å²) in [6, 6.07) is 10.0. The van der Waals surface area contributed by atoms with Crippen LogP contribution < -0.4 is 5.73 Å². The summed E-state index contributed by atoms with van der Waals surface area (Å²) in [5, 5.41) is 12.2. The molecule has 1 aromatic carbocycles. The molecule has 0 radical (unpaired) electrons. The van der Waals surface area contributed by atoms with Crippen LogP contribution in [0.25, 0.3) is 0 Å². The number of rotatable bonds is 5. The first kappa shape index (κ1) is 14.8. The molecule has 1 atom stereocenters. The van der Waals surface area contributed by atoms with Gasteiger partial charge in [-0.1, -0.05) is 42.4 Å². The van der Waals surface area contributed by atoms with E-state index >= 15 is 0 Å². The highest BCUT2D eigenvalue weighted by Gasteiger charge is 2.23. The van der Waals surface area contributed by atoms with Crippen molar-refractivity contribution in [1.82, 2.24) is 9.80 Å². The molecule has 1 fully saturated rings. The lowest BCUT2D eigenvalue weighted by molar-refractivity contribution is 0.136. The number of hydrogen-bond acceptors (Lipinski definition) is 4. The Balaban J connectivity index is 2.03. The lowest BCUT2D eigenvalue weighted by atomic mass is 9.97. The lowest BCUT2D eigenvalue weighted by Gasteiger charge is -2.35. The van der Waals surface area contributed by atoms with Gasteiger partial charge >= 0.3 is 0 Å². The second-order valence-electron chi connectivity index (χ2n) is 5.22. The highest BCUT2D eigenvalue weighted by atomic mass is 16.4. The van der Waals surface area contributed by atoms with Crippen molar-refractivity contribution in [3.8, 4) is 0 Å². The Kier molecular flexibility index (Phi) is 5.38. The molecule has 1 aliphatic rings. The smallest absolute Gasteiger partial charge is 0.147 e. The zero-order valence-electron chi connectivity index (χ0n) is 12.1. The second kappa shape index (κ2) is 7.26. The molecule has 0 saturated carbocycles. The van der Waals surface area contributed by atoms with E-state index in [2.05, 4.69) is 21.9 Å². The molecule has 0 amide bonds. The first-order valence-electron chi connectivity index (χ1n) is 7.21. The summed E-state index contributed by atoms with van der Waals surface area (Å²) in [6.45, 7) is 8.36. The molecule has 2 rings (SSSR count). The minimum atomic E-state index is -0.0469. The molecule has 1 unspecified atom stereocenters. The minimum Gasteiger partial charge on any atom is -0.409 e. The molecular formula is C15H24N4O. The summed E-state index contributed by atoms with van der Waals surface area (Å²) in [4.78, 5) is 4.83. The first-order chi connectivity index (χ1) is 9.74. The molecule has 0 spiro atoms. The number of oxime groups is 1. The normalized spacial score (nSPS) is 19.9. The Hall–Kier alpha value is -1.59. The molecule has 5 heteroatoms. The Morgan fingerprint density at radius 2 is 1.80 bits per heavy atom. The van der Waals surface area contributed by atoms with E-state index < -0.39 is 0 Å². The van der Waals surface area contributed by atoms with Crippen LogP contribution in [0.1, 0.15) is 18.4 Å². The van der Waals surface area contributed by atoms with Crippen molar-refractivity contribution in [3.05, 3.63) is 35.9 Å². The SMILES string of the molecule is CCN1CCN(CC(C(N)=NO)c2ccccc2)CC1. The average molecular weight is 276 g/mol. The van der Waals surface area contributed by atoms with E-state index in [1.807, 2.05) is 30.3 Å². The van der Waals surface area contributed by atoms with Crippen LogP contribution in [0.5, 0.6) is 0 Å². The predicted octanol–water partition coefficient (Wildman–Crippen LogP) is 1.15. The zero-order chi connectivity index (χ0) is 14.4. The van der Waals surface area contributed by atoms with Crippen molar-refractivity contribution in [2.45, 2.75) is 12.8 Å². The quantitative estimate of drug-likeness (QED) is 0.366. The number of hydrogen-bond donors (Lipinski definition) is 2. The third-order valence-electron chi connectivity index (χ3n) is 4.03. The van der Waals surface area contributed by atoms with Crippen LogP contribution in [-0.2, 0) is 0 Å². The van der Waals surface area contributed by atoms with Gasteiger partial charge in [0.1, 0.15) is 5.84 Å². The molecule has 1 aliphatic heterocycles. The Morgan fingerprint density at radius 1 is 1.20 bits per heavy atom. The highest BCUT2D eigenvalue weighted by Crippen LogP contribution is 2.18. The fourth-order valence-corrected chi connectivity index (χ4v) is 2.67. The number of nitrogens with zero attached hydrogens (tertiary/aromatic N) is 3. The van der Waals surface area contributed by atoms with Crippen LogP contribution in [0.2, 0.25) is 0 Å². The van der Waals surface area contributed by atoms with Gasteiger partial charge in [-0.2, -0.15) is 0 Å². The topological polar surface area (TPSA) is 65.1 Å². The summed E-state index contributed by atoms with van der Waals surface area (Å²) >= 11 is 0. The monoisotopic (exact) mass is 276 g/mol. The van der Waals surface area contributed by atoms with Gasteiger partial charge < -0.3 is 15.8 Å². The lowest BCUT2D eigenvalue weighted by Crippen LogP contribution is -2.48. The van der Waals surface area contributed by atoms with E-state index in [-0.39, 0.29) is 11.8 Å². The number of benzene rings is 1. The molecule has 0 aromatic heterocycles. The van der Waals surface area contributed by atoms with Crippen LogP contribution in [0.4, 0.5) is 0 Å². The minimum absolute atomic E-state index is 0.0469. The van der Waals surface area contributed by atoms with E-state index in [0.717, 1.165) is 44.8 Å². The summed E-state index contributed by atoms with van der Waals surface area (Å²) in [7, 11) is 0. The van der Waals surface area contributed by atoms with Gasteiger partial charge in [0.25, 0.3) is 0 Å². The van der Waals surface area contributed by atoms with Gasteiger partial charge in [0.2, 0.25) is 0 Å². The fraction of sp³-hybridized carbons (Fsp3) is 0.533. The van der Waals surface area contributed by atoms with Crippen LogP contribution in [0.3, 0.4) is 0 Å². The predicted molar refractivity (Wildman–Crippen MR) is 81.1 cm³/mol. The summed E-state index contributed by atoms with van der Waals surface area (Å²) < 4.78 is 0. The van der Waals surface area contributed by atoms with Crippen LogP contribution in [0.15, 0.2) is 35.5 Å². The van der Waals surface area contributed by atoms with Crippen molar-refractivity contribution in [2.24, 2.45) is 10.9 Å². The standard InChI is InChI=1S/C15H24N4O/c1-2-18-8-10-19(11-9-18)12-14(15(16)17-20)13-6-4-3-5-7-13/h3-7,14,20H,2,8-12H2,1H3,(H2,16,17). The molecule has 0 bridgehead atoms. The van der Waals surface area contributed by atoms with E-state index in [1.165, 1.54) is 0 Å². The maximum atomic E-state index is 9.01. The Morgan fingerprint density at radius 3 is 2.35 bits per heavy atom. The maximum Gasteiger partial charge on any atom is 0.147 e. The van der Waals surface area contributed by atoms with E-state index in [0.29, 0.717) is 0 Å². The number of likely N-dealkylation sites (N-methyl/N-ethyl adjacent to an activating group) is 1. The van der Waals surface area contributed by atoms with Crippen molar-refractivity contribution >= 4 is 5.84 Å². The van der Waals surface area contributed by atoms with E-state index in [4.69, 9.17) is 10.9 Å². The summed E-state index contributed by atoms with van der Waals surface area (Å²) in [6.07, 6.45) is 0. The molecule has 1 heterocycles. The van der Waals surface area contributed by atoms with E-state index in [1.54, 1.807) is 0 Å². The molecule has 1 saturated heterocycles. The number of nitrogens with two attached hydrogens (primary N) is 1. The maximum absolute atomic E-state index is 9.01. The fourth-order valence-electron chi connectivity index (χ4n) is 2.67. The van der Waals surface area contributed by atoms with Crippen molar-refractivity contribution < 1.29 is 5.21 Å². The van der Waals surface area contributed by atoms with Gasteiger partial charge in [-0.15, -0.1) is 0 Å². The van der Waals surface area contributed by atoms with Gasteiger partial charge in [0.15, 0.2) is 0 Å². The largest absolute Gasteiger partial charge is 0.409 e. The van der Waals surface area contributed by atoms with Gasteiger partial charge in [0, 0.05) is 32.7 Å². The highest BCUT2D eigenvalue weighted by molar-refractivity contribution is 5.87. The van der Waals surface area contributed by atoms with Crippen LogP contribution in [-0.4, -0.2) is 60.1 Å². The molecular weight excluding hydrogens is 252 g/mol. The Bertz CT molecular complexity index is 427. The molecule has 5 nitrogen and oxygen atoms in total. The molecule has 0 aliphatic carbocycles. The molecule has 110 valence electrons. The van der Waals surface area contributed by atoms with Crippen molar-refractivity contribution in [2.75, 3.05) is 39.3 Å². The summed E-state index contributed by atoms with van der Waals surface area (Å²) in [5.74, 6) is 0.239. The molecule has 20 heavy (non-hydrogen) atoms. The van der Waals surface area contributed by atoms with Gasteiger partial charge in [0.05, 0.1) is 5.92 Å². The Labute approximate surface area is 120 Å². The number of amidine groups is 1. The van der Waals surface area contributed by atoms with Gasteiger partial charge in [-0.25, -0.2) is 0 Å². The third-order valence-corrected chi connectivity index (χ3v) is 4.03. The van der Waals surface area contributed by atoms with Crippen LogP contribution >= 0.6 is 0 Å². The van der Waals surface area contributed by atoms with Crippen molar-refractivity contribution in [3.63, 3.8) is 0 Å². The number of piperazine rings is 1. The summed E-state index contributed by atoms with van der Waals surface area (Å²) in [5.41, 5.74) is 6.98. The molecule has 3 N–H and O–H groups in total.